The number of carbonyl (C=O) groups is 1. The molecule has 2 aromatic heterocycles. The van der Waals surface area contributed by atoms with Crippen LogP contribution in [0.3, 0.4) is 0 Å². The van der Waals surface area contributed by atoms with E-state index in [0.717, 1.165) is 5.56 Å². The summed E-state index contributed by atoms with van der Waals surface area (Å²) in [6.45, 7) is 0.630. The predicted molar refractivity (Wildman–Crippen MR) is 104 cm³/mol. The van der Waals surface area contributed by atoms with Gasteiger partial charge in [-0.2, -0.15) is 5.10 Å². The normalized spacial score (nSPS) is 14.4. The molecule has 1 atom stereocenters. The van der Waals surface area contributed by atoms with Crippen molar-refractivity contribution in [2.75, 3.05) is 6.54 Å². The number of carbonyl (C=O) groups excluding carboxylic acids is 1. The van der Waals surface area contributed by atoms with Crippen molar-refractivity contribution in [3.63, 3.8) is 0 Å². The number of hydrogen-bond acceptors (Lipinski definition) is 4. The Morgan fingerprint density at radius 3 is 2.82 bits per heavy atom. The predicted octanol–water partition coefficient (Wildman–Crippen LogP) is 2.80. The molecule has 3 heterocycles. The van der Waals surface area contributed by atoms with E-state index in [0.29, 0.717) is 40.6 Å². The number of aryl methyl sites for hydroxylation is 1. The van der Waals surface area contributed by atoms with Gasteiger partial charge in [0.25, 0.3) is 5.91 Å². The van der Waals surface area contributed by atoms with Crippen LogP contribution < -0.4 is 5.73 Å². The summed E-state index contributed by atoms with van der Waals surface area (Å²) < 4.78 is 15.1. The first kappa shape index (κ1) is 18.6. The highest BCUT2D eigenvalue weighted by molar-refractivity contribution is 6.32. The Bertz CT molecular complexity index is 1030. The molecule has 0 aliphatic carbocycles. The summed E-state index contributed by atoms with van der Waals surface area (Å²) in [5.74, 6) is -0.416. The van der Waals surface area contributed by atoms with Crippen molar-refractivity contribution in [2.24, 2.45) is 12.8 Å². The number of rotatable bonds is 5. The first-order valence-corrected chi connectivity index (χ1v) is 9.29. The van der Waals surface area contributed by atoms with Gasteiger partial charge >= 0.3 is 0 Å². The Morgan fingerprint density at radius 2 is 2.14 bits per heavy atom. The Hall–Kier alpha value is -2.77. The minimum atomic E-state index is -0.302. The Labute approximate surface area is 166 Å². The van der Waals surface area contributed by atoms with E-state index in [2.05, 4.69) is 10.1 Å². The van der Waals surface area contributed by atoms with Crippen molar-refractivity contribution in [1.29, 1.82) is 0 Å². The largest absolute Gasteiger partial charge is 0.328 e. The van der Waals surface area contributed by atoms with Gasteiger partial charge in [0.2, 0.25) is 0 Å². The molecule has 0 unspecified atom stereocenters. The second-order valence-electron chi connectivity index (χ2n) is 6.81. The summed E-state index contributed by atoms with van der Waals surface area (Å²) in [4.78, 5) is 19.3. The number of benzene rings is 1. The molecule has 1 aliphatic heterocycles. The van der Waals surface area contributed by atoms with Gasteiger partial charge in [-0.15, -0.1) is 0 Å². The van der Waals surface area contributed by atoms with Gasteiger partial charge in [-0.25, -0.2) is 9.37 Å². The van der Waals surface area contributed by atoms with Crippen molar-refractivity contribution in [2.45, 2.75) is 19.0 Å². The monoisotopic (exact) mass is 399 g/mol. The van der Waals surface area contributed by atoms with E-state index < -0.39 is 0 Å². The van der Waals surface area contributed by atoms with Crippen molar-refractivity contribution in [1.82, 2.24) is 19.7 Å². The third-order valence-corrected chi connectivity index (χ3v) is 5.27. The van der Waals surface area contributed by atoms with Crippen LogP contribution in [-0.4, -0.2) is 38.2 Å². The molecule has 0 fully saturated rings. The average Bonchev–Trinajstić information content (AvgIpc) is 3.18. The highest BCUT2D eigenvalue weighted by Gasteiger charge is 2.33. The maximum Gasteiger partial charge on any atom is 0.256 e. The van der Waals surface area contributed by atoms with Crippen LogP contribution in [0.4, 0.5) is 4.39 Å². The highest BCUT2D eigenvalue weighted by Crippen LogP contribution is 2.30. The summed E-state index contributed by atoms with van der Waals surface area (Å²) in [7, 11) is 1.79. The van der Waals surface area contributed by atoms with Gasteiger partial charge in [-0.1, -0.05) is 23.7 Å². The van der Waals surface area contributed by atoms with E-state index in [-0.39, 0.29) is 24.3 Å². The van der Waals surface area contributed by atoms with Crippen LogP contribution in [0.1, 0.15) is 21.6 Å². The van der Waals surface area contributed by atoms with Crippen LogP contribution in [0, 0.1) is 5.82 Å². The zero-order valence-electron chi connectivity index (χ0n) is 15.3. The molecule has 3 aromatic rings. The summed E-state index contributed by atoms with van der Waals surface area (Å²) in [5.41, 5.74) is 9.34. The van der Waals surface area contributed by atoms with E-state index in [9.17, 15) is 9.18 Å². The quantitative estimate of drug-likeness (QED) is 0.715. The number of aromatic nitrogens is 3. The van der Waals surface area contributed by atoms with E-state index in [4.69, 9.17) is 17.3 Å². The lowest BCUT2D eigenvalue weighted by molar-refractivity contribution is 0.0707. The minimum Gasteiger partial charge on any atom is -0.328 e. The molecule has 0 spiro atoms. The number of fused-ring (bicyclic) bond motifs is 1. The molecule has 0 bridgehead atoms. The fraction of sp³-hybridized carbons (Fsp3) is 0.250. The van der Waals surface area contributed by atoms with Crippen LogP contribution in [-0.2, 0) is 20.0 Å². The van der Waals surface area contributed by atoms with E-state index in [1.807, 2.05) is 6.07 Å². The fourth-order valence-corrected chi connectivity index (χ4v) is 3.85. The van der Waals surface area contributed by atoms with Gasteiger partial charge in [0.1, 0.15) is 11.5 Å². The highest BCUT2D eigenvalue weighted by atomic mass is 35.5. The third kappa shape index (κ3) is 3.27. The van der Waals surface area contributed by atoms with Gasteiger partial charge in [0, 0.05) is 19.6 Å². The molecular weight excluding hydrogens is 381 g/mol. The first-order valence-electron chi connectivity index (χ1n) is 8.91. The fourth-order valence-electron chi connectivity index (χ4n) is 3.59. The van der Waals surface area contributed by atoms with Gasteiger partial charge in [-0.3, -0.25) is 9.48 Å². The summed E-state index contributed by atoms with van der Waals surface area (Å²) in [6, 6.07) is 9.65. The number of hydrogen-bond donors (Lipinski definition) is 1. The second-order valence-corrected chi connectivity index (χ2v) is 7.22. The molecule has 0 saturated carbocycles. The number of nitrogens with zero attached hydrogens (tertiary/aromatic N) is 4. The maximum absolute atomic E-state index is 13.5. The number of nitrogens with two attached hydrogens (primary N) is 1. The van der Waals surface area contributed by atoms with Crippen molar-refractivity contribution in [3.8, 4) is 11.4 Å². The minimum absolute atomic E-state index is 0.114. The molecular formula is C20H19ClFN5O. The summed E-state index contributed by atoms with van der Waals surface area (Å²) >= 11 is 6.22. The molecule has 0 saturated heterocycles. The molecule has 4 rings (SSSR count). The van der Waals surface area contributed by atoms with Gasteiger partial charge < -0.3 is 10.6 Å². The second kappa shape index (κ2) is 7.33. The zero-order valence-corrected chi connectivity index (χ0v) is 16.0. The zero-order chi connectivity index (χ0) is 19.8. The molecule has 28 heavy (non-hydrogen) atoms. The lowest BCUT2D eigenvalue weighted by Crippen LogP contribution is -2.42. The molecule has 1 aromatic carbocycles. The Morgan fingerprint density at radius 1 is 1.32 bits per heavy atom. The smallest absolute Gasteiger partial charge is 0.256 e. The van der Waals surface area contributed by atoms with E-state index in [1.165, 1.54) is 12.1 Å². The molecule has 144 valence electrons. The number of amides is 1. The van der Waals surface area contributed by atoms with Gasteiger partial charge in [0.15, 0.2) is 0 Å². The first-order chi connectivity index (χ1) is 13.5. The lowest BCUT2D eigenvalue weighted by atomic mass is 10.0. The maximum atomic E-state index is 13.5. The topological polar surface area (TPSA) is 77.0 Å². The van der Waals surface area contributed by atoms with Gasteiger partial charge in [-0.05, 0) is 36.2 Å². The van der Waals surface area contributed by atoms with Crippen LogP contribution in [0.2, 0.25) is 5.02 Å². The Kier molecular flexibility index (Phi) is 4.87. The molecule has 1 aliphatic rings. The molecule has 8 heteroatoms. The molecule has 1 amide bonds. The summed E-state index contributed by atoms with van der Waals surface area (Å²) in [6.07, 6.45) is 2.04. The lowest BCUT2D eigenvalue weighted by Gasteiger charge is -2.26. The van der Waals surface area contributed by atoms with Crippen molar-refractivity contribution >= 4 is 17.5 Å². The standard InChI is InChI=1S/C20H19ClFN5O/c1-26-19(16(21)10-24-26)17-6-5-15-18(25-17)11-27(20(15)28)14(9-23)8-12-3-2-4-13(22)7-12/h2-7,10,14H,8-9,11,23H2,1H3/t14-/m0/s1. The van der Waals surface area contributed by atoms with Crippen molar-refractivity contribution < 1.29 is 9.18 Å². The Balaban J connectivity index is 1.61. The van der Waals surface area contributed by atoms with Crippen LogP contribution >= 0.6 is 11.6 Å². The number of pyridine rings is 1. The van der Waals surface area contributed by atoms with E-state index >= 15 is 0 Å². The molecule has 6 nitrogen and oxygen atoms in total. The van der Waals surface area contributed by atoms with Crippen LogP contribution in [0.25, 0.3) is 11.4 Å². The van der Waals surface area contributed by atoms with Crippen LogP contribution in [0.15, 0.2) is 42.6 Å². The summed E-state index contributed by atoms with van der Waals surface area (Å²) in [5, 5.41) is 4.63. The average molecular weight is 400 g/mol. The van der Waals surface area contributed by atoms with Crippen LogP contribution in [0.5, 0.6) is 0 Å². The molecule has 0 radical (unpaired) electrons. The van der Waals surface area contributed by atoms with Crippen molar-refractivity contribution in [3.05, 3.63) is 70.3 Å². The van der Waals surface area contributed by atoms with Gasteiger partial charge in [0.05, 0.1) is 34.7 Å². The number of halogens is 2. The van der Waals surface area contributed by atoms with E-state index in [1.54, 1.807) is 41.0 Å². The third-order valence-electron chi connectivity index (χ3n) is 5.00. The SMILES string of the molecule is Cn1ncc(Cl)c1-c1ccc2c(n1)CN([C@H](CN)Cc1cccc(F)c1)C2=O. The molecule has 2 N–H and O–H groups in total.